The highest BCUT2D eigenvalue weighted by atomic mass is 31.0. The fraction of sp³-hybridized carbons (Fsp3) is 0.321. The van der Waals surface area contributed by atoms with Gasteiger partial charge in [-0.25, -0.2) is 4.39 Å². The smallest absolute Gasteiger partial charge is 0.387 e. The van der Waals surface area contributed by atoms with Crippen LogP contribution in [0.5, 0.6) is 11.5 Å². The monoisotopic (exact) mass is 591 g/mol. The molecule has 2 amide bonds. The van der Waals surface area contributed by atoms with Crippen molar-refractivity contribution in [3.05, 3.63) is 82.0 Å². The first-order chi connectivity index (χ1) is 19.5. The molecular formula is C28H29F3N3O6P. The molecule has 0 spiro atoms. The van der Waals surface area contributed by atoms with E-state index < -0.39 is 41.8 Å². The summed E-state index contributed by atoms with van der Waals surface area (Å²) in [6, 6.07) is 9.20. The molecule has 4 rings (SSSR count). The van der Waals surface area contributed by atoms with Crippen molar-refractivity contribution < 1.29 is 37.0 Å². The lowest BCUT2D eigenvalue weighted by molar-refractivity contribution is -0.118. The lowest BCUT2D eigenvalue weighted by Gasteiger charge is -2.21. The van der Waals surface area contributed by atoms with Gasteiger partial charge in [0.15, 0.2) is 0 Å². The van der Waals surface area contributed by atoms with Crippen LogP contribution in [0.1, 0.15) is 34.8 Å². The number of nitrogens with one attached hydrogen (secondary N) is 1. The zero-order valence-corrected chi connectivity index (χ0v) is 23.6. The standard InChI is InChI=1S/C28H29F3N3O6P/c1-15(14-38-2)33-10-4-5-21(26(33)36)34-13-19(23-20(29)11-18(39-3)12-22(23)41)24(27(34)37)32-25(35)16-6-8-17(9-7-16)40-28(30)31/h4-12,15,19,24,28H,13-14,41H2,1-3H3,(H,32,35)/t15?,19-,24-/m0/s1. The van der Waals surface area contributed by atoms with Crippen LogP contribution in [0.15, 0.2) is 59.5 Å². The molecule has 2 unspecified atom stereocenters. The van der Waals surface area contributed by atoms with Crippen molar-refractivity contribution in [3.63, 3.8) is 0 Å². The summed E-state index contributed by atoms with van der Waals surface area (Å²) in [6.07, 6.45) is 1.58. The lowest BCUT2D eigenvalue weighted by Crippen LogP contribution is -2.45. The highest BCUT2D eigenvalue weighted by Crippen LogP contribution is 2.34. The van der Waals surface area contributed by atoms with Crippen molar-refractivity contribution in [2.45, 2.75) is 31.5 Å². The normalized spacial score (nSPS) is 17.6. The fourth-order valence-corrected chi connectivity index (χ4v) is 5.39. The third kappa shape index (κ3) is 6.39. The number of nitrogens with zero attached hydrogens (tertiary/aromatic N) is 2. The number of amides is 2. The summed E-state index contributed by atoms with van der Waals surface area (Å²) in [5, 5.41) is 3.07. The number of halogens is 3. The zero-order chi connectivity index (χ0) is 29.8. The van der Waals surface area contributed by atoms with E-state index in [-0.39, 0.29) is 47.5 Å². The molecule has 218 valence electrons. The Morgan fingerprint density at radius 3 is 2.44 bits per heavy atom. The minimum absolute atomic E-state index is 0.0633. The Bertz CT molecular complexity index is 1460. The summed E-state index contributed by atoms with van der Waals surface area (Å²) < 4.78 is 56.5. The first kappa shape index (κ1) is 30.1. The van der Waals surface area contributed by atoms with Gasteiger partial charge in [-0.05, 0) is 54.7 Å². The minimum atomic E-state index is -3.03. The van der Waals surface area contributed by atoms with E-state index in [2.05, 4.69) is 19.3 Å². The van der Waals surface area contributed by atoms with Gasteiger partial charge in [0.1, 0.15) is 29.0 Å². The quantitative estimate of drug-likeness (QED) is 0.364. The Balaban J connectivity index is 1.73. The summed E-state index contributed by atoms with van der Waals surface area (Å²) in [5.41, 5.74) is -0.169. The number of aromatic nitrogens is 1. The molecule has 9 nitrogen and oxygen atoms in total. The van der Waals surface area contributed by atoms with Crippen molar-refractivity contribution in [1.29, 1.82) is 0 Å². The van der Waals surface area contributed by atoms with Gasteiger partial charge in [-0.1, -0.05) is 0 Å². The van der Waals surface area contributed by atoms with Crippen LogP contribution in [-0.2, 0) is 9.53 Å². The average molecular weight is 592 g/mol. The Hall–Kier alpha value is -3.89. The van der Waals surface area contributed by atoms with E-state index >= 15 is 4.39 Å². The molecule has 1 aliphatic rings. The molecule has 1 aromatic heterocycles. The van der Waals surface area contributed by atoms with Crippen molar-refractivity contribution in [2.75, 3.05) is 32.3 Å². The summed E-state index contributed by atoms with van der Waals surface area (Å²) >= 11 is 0. The van der Waals surface area contributed by atoms with E-state index in [0.717, 1.165) is 0 Å². The zero-order valence-electron chi connectivity index (χ0n) is 22.5. The van der Waals surface area contributed by atoms with Gasteiger partial charge in [-0.3, -0.25) is 14.4 Å². The summed E-state index contributed by atoms with van der Waals surface area (Å²) in [7, 11) is 5.32. The molecule has 2 heterocycles. The summed E-state index contributed by atoms with van der Waals surface area (Å²) in [6.45, 7) is -1.09. The SMILES string of the molecule is COCC(C)n1cccc(N2C[C@@H](c3c(F)cc(OC)cc3P)[C@H](NC(=O)c3ccc(OC(F)F)cc3)C2=O)c1=O. The summed E-state index contributed by atoms with van der Waals surface area (Å²) in [4.78, 5) is 41.6. The predicted molar refractivity (Wildman–Crippen MR) is 149 cm³/mol. The third-order valence-corrected chi connectivity index (χ3v) is 7.29. The van der Waals surface area contributed by atoms with Crippen LogP contribution in [0.4, 0.5) is 18.9 Å². The van der Waals surface area contributed by atoms with Gasteiger partial charge in [0.2, 0.25) is 5.91 Å². The lowest BCUT2D eigenvalue weighted by atomic mass is 9.93. The van der Waals surface area contributed by atoms with Gasteiger partial charge < -0.3 is 29.0 Å². The largest absolute Gasteiger partial charge is 0.497 e. The molecule has 1 aliphatic heterocycles. The first-order valence-corrected chi connectivity index (χ1v) is 13.1. The van der Waals surface area contributed by atoms with Crippen LogP contribution in [0.2, 0.25) is 0 Å². The number of anilines is 1. The molecule has 41 heavy (non-hydrogen) atoms. The molecule has 0 bridgehead atoms. The first-order valence-electron chi connectivity index (χ1n) is 12.6. The Morgan fingerprint density at radius 1 is 1.12 bits per heavy atom. The van der Waals surface area contributed by atoms with Crippen LogP contribution >= 0.6 is 9.24 Å². The highest BCUT2D eigenvalue weighted by Gasteiger charge is 2.45. The Kier molecular flexibility index (Phi) is 9.35. The third-order valence-electron chi connectivity index (χ3n) is 6.81. The molecule has 13 heteroatoms. The van der Waals surface area contributed by atoms with E-state index in [1.165, 1.54) is 60.1 Å². The molecule has 1 fully saturated rings. The maximum Gasteiger partial charge on any atom is 0.387 e. The number of methoxy groups -OCH3 is 2. The van der Waals surface area contributed by atoms with Crippen LogP contribution < -0.4 is 30.6 Å². The predicted octanol–water partition coefficient (Wildman–Crippen LogP) is 3.23. The number of rotatable bonds is 10. The van der Waals surface area contributed by atoms with E-state index in [1.807, 2.05) is 0 Å². The molecule has 0 aliphatic carbocycles. The number of carbonyl (C=O) groups excluding carboxylic acids is 2. The van der Waals surface area contributed by atoms with Crippen LogP contribution in [0.25, 0.3) is 0 Å². The molecule has 2 aromatic carbocycles. The number of carbonyl (C=O) groups is 2. The second-order valence-electron chi connectivity index (χ2n) is 9.43. The van der Waals surface area contributed by atoms with Crippen LogP contribution in [0.3, 0.4) is 0 Å². The van der Waals surface area contributed by atoms with Crippen molar-refractivity contribution in [2.24, 2.45) is 0 Å². The number of pyridine rings is 1. The van der Waals surface area contributed by atoms with Crippen molar-refractivity contribution in [3.8, 4) is 11.5 Å². The number of alkyl halides is 2. The van der Waals surface area contributed by atoms with E-state index in [4.69, 9.17) is 9.47 Å². The van der Waals surface area contributed by atoms with E-state index in [9.17, 15) is 23.2 Å². The van der Waals surface area contributed by atoms with Gasteiger partial charge in [0, 0.05) is 43.0 Å². The topological polar surface area (TPSA) is 99.1 Å². The molecule has 3 aromatic rings. The van der Waals surface area contributed by atoms with Gasteiger partial charge in [-0.15, -0.1) is 9.24 Å². The second kappa shape index (κ2) is 12.7. The number of benzene rings is 2. The molecule has 0 radical (unpaired) electrons. The number of hydrogen-bond acceptors (Lipinski definition) is 6. The molecule has 1 N–H and O–H groups in total. The Labute approximate surface area is 236 Å². The van der Waals surface area contributed by atoms with Gasteiger partial charge in [-0.2, -0.15) is 8.78 Å². The van der Waals surface area contributed by atoms with Crippen LogP contribution in [0, 0.1) is 5.82 Å². The van der Waals surface area contributed by atoms with E-state index in [1.54, 1.807) is 25.3 Å². The van der Waals surface area contributed by atoms with Crippen molar-refractivity contribution in [1.82, 2.24) is 9.88 Å². The summed E-state index contributed by atoms with van der Waals surface area (Å²) in [5.74, 6) is -2.74. The fourth-order valence-electron chi connectivity index (χ4n) is 4.88. The minimum Gasteiger partial charge on any atom is -0.497 e. The maximum absolute atomic E-state index is 15.4. The van der Waals surface area contributed by atoms with Gasteiger partial charge >= 0.3 is 6.61 Å². The molecular weight excluding hydrogens is 562 g/mol. The Morgan fingerprint density at radius 2 is 1.83 bits per heavy atom. The average Bonchev–Trinajstić information content (AvgIpc) is 3.23. The molecule has 0 saturated carbocycles. The van der Waals surface area contributed by atoms with E-state index in [0.29, 0.717) is 5.30 Å². The maximum atomic E-state index is 15.4. The molecule has 4 atom stereocenters. The van der Waals surface area contributed by atoms with Crippen molar-refractivity contribution >= 4 is 32.0 Å². The molecule has 1 saturated heterocycles. The van der Waals surface area contributed by atoms with Crippen LogP contribution in [-0.4, -0.2) is 56.4 Å². The van der Waals surface area contributed by atoms with Gasteiger partial charge in [0.05, 0.1) is 19.8 Å². The number of hydrogen-bond donors (Lipinski definition) is 1. The van der Waals surface area contributed by atoms with Gasteiger partial charge in [0.25, 0.3) is 11.5 Å². The highest BCUT2D eigenvalue weighted by molar-refractivity contribution is 7.27. The second-order valence-corrected chi connectivity index (χ2v) is 10.1. The number of ether oxygens (including phenoxy) is 3.